The van der Waals surface area contributed by atoms with Crippen molar-refractivity contribution < 1.29 is 19.1 Å². The van der Waals surface area contributed by atoms with Gasteiger partial charge < -0.3 is 19.2 Å². The number of H-pyrrole nitrogens is 1. The summed E-state index contributed by atoms with van der Waals surface area (Å²) in [4.78, 5) is 32.7. The van der Waals surface area contributed by atoms with Gasteiger partial charge in [0.05, 0.1) is 11.6 Å². The van der Waals surface area contributed by atoms with Gasteiger partial charge in [0.2, 0.25) is 0 Å². The second-order valence-corrected chi connectivity index (χ2v) is 7.18. The number of esters is 1. The lowest BCUT2D eigenvalue weighted by Gasteiger charge is -2.13. The van der Waals surface area contributed by atoms with Crippen LogP contribution in [0.3, 0.4) is 0 Å². The number of fused-ring (bicyclic) bond motifs is 1. The van der Waals surface area contributed by atoms with Crippen LogP contribution in [0.5, 0.6) is 5.75 Å². The Labute approximate surface area is 163 Å². The number of nitrogens with zero attached hydrogens (tertiary/aromatic N) is 1. The molecule has 8 heteroatoms. The van der Waals surface area contributed by atoms with Gasteiger partial charge in [-0.05, 0) is 38.1 Å². The predicted molar refractivity (Wildman–Crippen MR) is 105 cm³/mol. The molecule has 4 aromatic rings. The highest BCUT2D eigenvalue weighted by molar-refractivity contribution is 7.17. The summed E-state index contributed by atoms with van der Waals surface area (Å²) in [5.74, 6) is -0.0495. The Morgan fingerprint density at radius 2 is 2.18 bits per heavy atom. The molecule has 1 atom stereocenters. The molecule has 0 amide bonds. The number of carbonyl (C=O) groups is 1. The average Bonchev–Trinajstić information content (AvgIpc) is 3.32. The first kappa shape index (κ1) is 18.0. The molecule has 0 saturated heterocycles. The molecule has 1 unspecified atom stereocenters. The van der Waals surface area contributed by atoms with Crippen molar-refractivity contribution in [2.75, 3.05) is 0 Å². The zero-order valence-electron chi connectivity index (χ0n) is 15.1. The smallest absolute Gasteiger partial charge is 0.342 e. The van der Waals surface area contributed by atoms with Crippen molar-refractivity contribution in [1.82, 2.24) is 9.97 Å². The Balaban J connectivity index is 1.65. The van der Waals surface area contributed by atoms with Crippen LogP contribution in [0.1, 0.15) is 34.8 Å². The third-order valence-electron chi connectivity index (χ3n) is 4.29. The van der Waals surface area contributed by atoms with E-state index in [-0.39, 0.29) is 22.7 Å². The van der Waals surface area contributed by atoms with Crippen molar-refractivity contribution in [3.8, 4) is 17.1 Å². The number of furan rings is 1. The molecule has 4 rings (SSSR count). The standard InChI is InChI=1S/C20H16N2O5S/c1-10-5-6-14(23)12(8-10)20(25)27-11(2)17-21-18(24)16-13(9-28-19(16)22-17)15-4-3-7-26-15/h3-9,11,23H,1-2H3,(H,21,22,24). The summed E-state index contributed by atoms with van der Waals surface area (Å²) in [7, 11) is 0. The first-order valence-corrected chi connectivity index (χ1v) is 9.38. The lowest BCUT2D eigenvalue weighted by atomic mass is 10.1. The number of rotatable bonds is 4. The topological polar surface area (TPSA) is 105 Å². The molecule has 142 valence electrons. The summed E-state index contributed by atoms with van der Waals surface area (Å²) < 4.78 is 10.8. The second kappa shape index (κ2) is 6.97. The molecule has 0 fully saturated rings. The van der Waals surface area contributed by atoms with Gasteiger partial charge >= 0.3 is 5.97 Å². The van der Waals surface area contributed by atoms with E-state index in [0.29, 0.717) is 21.5 Å². The Kier molecular flexibility index (Phi) is 4.48. The van der Waals surface area contributed by atoms with E-state index in [1.807, 2.05) is 0 Å². The third kappa shape index (κ3) is 3.18. The number of carbonyl (C=O) groups excluding carboxylic acids is 1. The lowest BCUT2D eigenvalue weighted by molar-refractivity contribution is 0.0317. The largest absolute Gasteiger partial charge is 0.507 e. The average molecular weight is 396 g/mol. The van der Waals surface area contributed by atoms with E-state index in [0.717, 1.165) is 5.56 Å². The van der Waals surface area contributed by atoms with Gasteiger partial charge in [-0.1, -0.05) is 11.6 Å². The molecule has 0 aliphatic heterocycles. The number of benzene rings is 1. The summed E-state index contributed by atoms with van der Waals surface area (Å²) in [5, 5.41) is 12.1. The highest BCUT2D eigenvalue weighted by atomic mass is 32.1. The molecular weight excluding hydrogens is 380 g/mol. The van der Waals surface area contributed by atoms with Crippen LogP contribution in [0.2, 0.25) is 0 Å². The molecule has 2 N–H and O–H groups in total. The molecule has 3 aromatic heterocycles. The van der Waals surface area contributed by atoms with Crippen molar-refractivity contribution in [1.29, 1.82) is 0 Å². The van der Waals surface area contributed by atoms with Crippen LogP contribution in [-0.4, -0.2) is 21.0 Å². The van der Waals surface area contributed by atoms with E-state index in [2.05, 4.69) is 9.97 Å². The molecule has 28 heavy (non-hydrogen) atoms. The Morgan fingerprint density at radius 3 is 2.93 bits per heavy atom. The number of nitrogens with one attached hydrogen (secondary N) is 1. The minimum atomic E-state index is -0.807. The van der Waals surface area contributed by atoms with Crippen molar-refractivity contribution in [3.63, 3.8) is 0 Å². The van der Waals surface area contributed by atoms with Crippen LogP contribution >= 0.6 is 11.3 Å². The van der Waals surface area contributed by atoms with Crippen LogP contribution in [0.15, 0.2) is 51.2 Å². The molecule has 0 aliphatic rings. The number of aromatic amines is 1. The SMILES string of the molecule is Cc1ccc(O)c(C(=O)OC(C)c2nc3scc(-c4ccco4)c3c(=O)[nH]2)c1. The summed E-state index contributed by atoms with van der Waals surface area (Å²) >= 11 is 1.31. The molecule has 3 heterocycles. The van der Waals surface area contributed by atoms with E-state index >= 15 is 0 Å². The number of hydrogen-bond donors (Lipinski definition) is 2. The van der Waals surface area contributed by atoms with Crippen LogP contribution in [0.4, 0.5) is 0 Å². The number of thiophene rings is 1. The number of aromatic hydroxyl groups is 1. The fraction of sp³-hybridized carbons (Fsp3) is 0.150. The minimum Gasteiger partial charge on any atom is -0.507 e. The summed E-state index contributed by atoms with van der Waals surface area (Å²) in [6, 6.07) is 8.18. The van der Waals surface area contributed by atoms with Gasteiger partial charge in [0, 0.05) is 10.9 Å². The van der Waals surface area contributed by atoms with Crippen LogP contribution in [0.25, 0.3) is 21.5 Å². The molecular formula is C20H16N2O5S. The summed E-state index contributed by atoms with van der Waals surface area (Å²) in [6.45, 7) is 3.41. The number of ether oxygens (including phenoxy) is 1. The minimum absolute atomic E-state index is 0.0616. The molecule has 0 aliphatic carbocycles. The van der Waals surface area contributed by atoms with Gasteiger partial charge in [0.1, 0.15) is 21.9 Å². The predicted octanol–water partition coefficient (Wildman–Crippen LogP) is 4.18. The zero-order chi connectivity index (χ0) is 19.8. The quantitative estimate of drug-likeness (QED) is 0.502. The van der Waals surface area contributed by atoms with Gasteiger partial charge in [0.15, 0.2) is 11.9 Å². The number of aryl methyl sites for hydroxylation is 1. The highest BCUT2D eigenvalue weighted by Crippen LogP contribution is 2.31. The van der Waals surface area contributed by atoms with Gasteiger partial charge in [-0.2, -0.15) is 0 Å². The number of aromatic nitrogens is 2. The van der Waals surface area contributed by atoms with E-state index in [1.165, 1.54) is 23.7 Å². The molecule has 0 bridgehead atoms. The second-order valence-electron chi connectivity index (χ2n) is 6.33. The molecule has 0 radical (unpaired) electrons. The molecule has 0 spiro atoms. The van der Waals surface area contributed by atoms with Crippen molar-refractivity contribution in [2.24, 2.45) is 0 Å². The number of phenols is 1. The van der Waals surface area contributed by atoms with Crippen molar-refractivity contribution >= 4 is 27.5 Å². The Hall–Kier alpha value is -3.39. The van der Waals surface area contributed by atoms with Crippen LogP contribution in [0, 0.1) is 6.92 Å². The maximum atomic E-state index is 12.6. The molecule has 1 aromatic carbocycles. The number of hydrogen-bond acceptors (Lipinski definition) is 7. The van der Waals surface area contributed by atoms with E-state index in [1.54, 1.807) is 43.5 Å². The van der Waals surface area contributed by atoms with Gasteiger partial charge in [-0.25, -0.2) is 9.78 Å². The van der Waals surface area contributed by atoms with E-state index < -0.39 is 12.1 Å². The zero-order valence-corrected chi connectivity index (χ0v) is 15.9. The van der Waals surface area contributed by atoms with Crippen molar-refractivity contribution in [3.05, 3.63) is 69.3 Å². The summed E-state index contributed by atoms with van der Waals surface area (Å²) in [5.41, 5.74) is 1.20. The van der Waals surface area contributed by atoms with Crippen molar-refractivity contribution in [2.45, 2.75) is 20.0 Å². The fourth-order valence-corrected chi connectivity index (χ4v) is 3.80. The Bertz CT molecular complexity index is 1220. The van der Waals surface area contributed by atoms with Crippen LogP contribution in [-0.2, 0) is 4.74 Å². The first-order valence-electron chi connectivity index (χ1n) is 8.50. The lowest BCUT2D eigenvalue weighted by Crippen LogP contribution is -2.17. The molecule has 7 nitrogen and oxygen atoms in total. The normalized spacial score (nSPS) is 12.2. The first-order chi connectivity index (χ1) is 13.4. The number of phenolic OH excluding ortho intramolecular Hbond substituents is 1. The maximum Gasteiger partial charge on any atom is 0.342 e. The van der Waals surface area contributed by atoms with Gasteiger partial charge in [-0.3, -0.25) is 4.79 Å². The van der Waals surface area contributed by atoms with E-state index in [9.17, 15) is 14.7 Å². The highest BCUT2D eigenvalue weighted by Gasteiger charge is 2.21. The Morgan fingerprint density at radius 1 is 1.36 bits per heavy atom. The van der Waals surface area contributed by atoms with E-state index in [4.69, 9.17) is 9.15 Å². The fourth-order valence-electron chi connectivity index (χ4n) is 2.86. The van der Waals surface area contributed by atoms with Gasteiger partial charge in [0.25, 0.3) is 5.56 Å². The van der Waals surface area contributed by atoms with Crippen LogP contribution < -0.4 is 5.56 Å². The molecule has 0 saturated carbocycles. The monoisotopic (exact) mass is 396 g/mol. The van der Waals surface area contributed by atoms with Gasteiger partial charge in [-0.15, -0.1) is 11.3 Å². The maximum absolute atomic E-state index is 12.6. The third-order valence-corrected chi connectivity index (χ3v) is 5.16. The summed E-state index contributed by atoms with van der Waals surface area (Å²) in [6.07, 6.45) is 0.732.